The molecule has 0 amide bonds. The smallest absolute Gasteiger partial charge is 0.193 e. The predicted octanol–water partition coefficient (Wildman–Crippen LogP) is 4.54. The van der Waals surface area contributed by atoms with Crippen molar-refractivity contribution < 1.29 is 4.74 Å². The fourth-order valence-corrected chi connectivity index (χ4v) is 3.12. The van der Waals surface area contributed by atoms with Crippen LogP contribution in [0.5, 0.6) is 0 Å². The molecule has 0 saturated heterocycles. The zero-order chi connectivity index (χ0) is 18.1. The minimum Gasteiger partial charge on any atom is -0.374 e. The highest BCUT2D eigenvalue weighted by atomic mass is 127. The summed E-state index contributed by atoms with van der Waals surface area (Å²) < 4.78 is 5.63. The molecule has 1 heterocycles. The highest BCUT2D eigenvalue weighted by Crippen LogP contribution is 2.10. The molecule has 0 aliphatic heterocycles. The Labute approximate surface area is 178 Å². The van der Waals surface area contributed by atoms with Gasteiger partial charge in [-0.05, 0) is 42.8 Å². The normalized spacial score (nSPS) is 11.3. The molecule has 0 atom stereocenters. The molecule has 2 rings (SSSR count). The van der Waals surface area contributed by atoms with Crippen molar-refractivity contribution in [1.29, 1.82) is 0 Å². The first kappa shape index (κ1) is 22.9. The summed E-state index contributed by atoms with van der Waals surface area (Å²) in [6.07, 6.45) is 1.30. The number of ether oxygens (including phenoxy) is 1. The maximum absolute atomic E-state index is 5.63. The van der Waals surface area contributed by atoms with Gasteiger partial charge in [-0.3, -0.25) is 4.99 Å². The maximum atomic E-state index is 5.63. The average Bonchev–Trinajstić information content (AvgIpc) is 3.13. The van der Waals surface area contributed by atoms with E-state index in [-0.39, 0.29) is 30.1 Å². The van der Waals surface area contributed by atoms with Gasteiger partial charge in [0.15, 0.2) is 5.96 Å². The molecule has 0 unspecified atom stereocenters. The number of hydrogen-bond donors (Lipinski definition) is 1. The summed E-state index contributed by atoms with van der Waals surface area (Å²) in [5.74, 6) is 0.920. The van der Waals surface area contributed by atoms with Gasteiger partial charge in [0.25, 0.3) is 0 Å². The van der Waals surface area contributed by atoms with Crippen LogP contribution in [0.15, 0.2) is 46.8 Å². The van der Waals surface area contributed by atoms with E-state index < -0.39 is 0 Å². The Balaban J connectivity index is 0.00000338. The van der Waals surface area contributed by atoms with Crippen molar-refractivity contribution in [3.63, 3.8) is 0 Å². The van der Waals surface area contributed by atoms with E-state index in [1.165, 1.54) is 16.0 Å². The van der Waals surface area contributed by atoms with Crippen LogP contribution >= 0.6 is 35.3 Å². The van der Waals surface area contributed by atoms with Gasteiger partial charge < -0.3 is 15.0 Å². The number of rotatable bonds is 8. The maximum Gasteiger partial charge on any atom is 0.193 e. The van der Waals surface area contributed by atoms with Crippen LogP contribution in [-0.4, -0.2) is 37.6 Å². The van der Waals surface area contributed by atoms with Crippen LogP contribution in [0.1, 0.15) is 29.9 Å². The predicted molar refractivity (Wildman–Crippen MR) is 123 cm³/mol. The van der Waals surface area contributed by atoms with E-state index in [2.05, 4.69) is 77.9 Å². The van der Waals surface area contributed by atoms with Crippen molar-refractivity contribution in [3.05, 3.63) is 57.8 Å². The molecular formula is C20H30IN3OS. The Morgan fingerprint density at radius 2 is 1.88 bits per heavy atom. The van der Waals surface area contributed by atoms with E-state index in [1.807, 2.05) is 7.05 Å². The van der Waals surface area contributed by atoms with Gasteiger partial charge in [0.05, 0.1) is 12.7 Å². The quantitative estimate of drug-likeness (QED) is 0.338. The molecule has 1 aromatic carbocycles. The molecule has 0 bridgehead atoms. The lowest BCUT2D eigenvalue weighted by Gasteiger charge is -2.22. The highest BCUT2D eigenvalue weighted by Gasteiger charge is 2.06. The van der Waals surface area contributed by atoms with Crippen molar-refractivity contribution in [2.45, 2.75) is 39.5 Å². The Hall–Kier alpha value is -1.12. The van der Waals surface area contributed by atoms with Gasteiger partial charge >= 0.3 is 0 Å². The van der Waals surface area contributed by atoms with Crippen LogP contribution in [0, 0.1) is 0 Å². The van der Waals surface area contributed by atoms with E-state index in [1.54, 1.807) is 11.3 Å². The Kier molecular flexibility index (Phi) is 10.8. The molecular weight excluding hydrogens is 457 g/mol. The van der Waals surface area contributed by atoms with Crippen LogP contribution < -0.4 is 5.32 Å². The van der Waals surface area contributed by atoms with Crippen LogP contribution in [0.4, 0.5) is 0 Å². The lowest BCUT2D eigenvalue weighted by Crippen LogP contribution is -2.39. The summed E-state index contributed by atoms with van der Waals surface area (Å²) in [4.78, 5) is 7.96. The highest BCUT2D eigenvalue weighted by molar-refractivity contribution is 14.0. The molecule has 26 heavy (non-hydrogen) atoms. The third-order valence-corrected chi connectivity index (χ3v) is 4.84. The van der Waals surface area contributed by atoms with Crippen molar-refractivity contribution in [3.8, 4) is 0 Å². The number of halogens is 1. The number of likely N-dealkylation sites (N-methyl/N-ethyl adjacent to an activating group) is 1. The third-order valence-electron chi connectivity index (χ3n) is 3.90. The van der Waals surface area contributed by atoms with Crippen molar-refractivity contribution in [1.82, 2.24) is 10.2 Å². The van der Waals surface area contributed by atoms with Gasteiger partial charge in [-0.25, -0.2) is 0 Å². The number of nitrogens with one attached hydrogen (secondary N) is 1. The molecule has 1 aromatic heterocycles. The largest absolute Gasteiger partial charge is 0.374 e. The molecule has 4 nitrogen and oxygen atoms in total. The van der Waals surface area contributed by atoms with Gasteiger partial charge in [0.1, 0.15) is 0 Å². The minimum atomic E-state index is 0. The van der Waals surface area contributed by atoms with Gasteiger partial charge in [0.2, 0.25) is 0 Å². The molecule has 0 aliphatic rings. The summed E-state index contributed by atoms with van der Waals surface area (Å²) in [6, 6.07) is 12.8. The van der Waals surface area contributed by atoms with Crippen molar-refractivity contribution in [2.75, 3.05) is 20.6 Å². The van der Waals surface area contributed by atoms with Crippen LogP contribution in [0.3, 0.4) is 0 Å². The Bertz CT molecular complexity index is 642. The first-order chi connectivity index (χ1) is 12.1. The first-order valence-electron chi connectivity index (χ1n) is 8.72. The van der Waals surface area contributed by atoms with E-state index >= 15 is 0 Å². The number of nitrogens with zero attached hydrogens (tertiary/aromatic N) is 2. The molecule has 0 saturated carbocycles. The lowest BCUT2D eigenvalue weighted by molar-refractivity contribution is 0.0657. The first-order valence-corrected chi connectivity index (χ1v) is 9.60. The minimum absolute atomic E-state index is 0. The monoisotopic (exact) mass is 487 g/mol. The summed E-state index contributed by atoms with van der Waals surface area (Å²) in [6.45, 7) is 6.49. The van der Waals surface area contributed by atoms with Crippen LogP contribution in [0.2, 0.25) is 0 Å². The molecule has 0 fully saturated rings. The molecule has 144 valence electrons. The van der Waals surface area contributed by atoms with Crippen LogP contribution in [-0.2, 0) is 24.3 Å². The Morgan fingerprint density at radius 3 is 2.46 bits per heavy atom. The number of thiophene rings is 1. The number of benzene rings is 1. The zero-order valence-corrected chi connectivity index (χ0v) is 19.2. The van der Waals surface area contributed by atoms with E-state index in [0.29, 0.717) is 6.61 Å². The van der Waals surface area contributed by atoms with Crippen molar-refractivity contribution in [2.24, 2.45) is 4.99 Å². The molecule has 6 heteroatoms. The summed E-state index contributed by atoms with van der Waals surface area (Å²) in [5, 5.41) is 5.56. The van der Waals surface area contributed by atoms with E-state index in [0.717, 1.165) is 25.5 Å². The second-order valence-corrected chi connectivity index (χ2v) is 7.36. The summed E-state index contributed by atoms with van der Waals surface area (Å²) in [7, 11) is 3.91. The van der Waals surface area contributed by atoms with Gasteiger partial charge in [-0.1, -0.05) is 30.3 Å². The fraction of sp³-hybridized carbons (Fsp3) is 0.450. The second-order valence-electron chi connectivity index (χ2n) is 6.33. The average molecular weight is 487 g/mol. The molecule has 0 aliphatic carbocycles. The number of hydrogen-bond acceptors (Lipinski definition) is 3. The fourth-order valence-electron chi connectivity index (χ4n) is 2.42. The number of guanidine groups is 1. The topological polar surface area (TPSA) is 36.9 Å². The standard InChI is InChI=1S/C20H29N3OS.HI/c1-16(2)24-15-18-9-7-17(8-10-18)14-22-20(21-3)23(4)12-11-19-6-5-13-25-19;/h5-10,13,16H,11-12,14-15H2,1-4H3,(H,21,22);1H. The molecule has 2 aromatic rings. The number of aliphatic imine (C=N–C) groups is 1. The lowest BCUT2D eigenvalue weighted by atomic mass is 10.1. The SMILES string of the molecule is CN=C(NCc1ccc(COC(C)C)cc1)N(C)CCc1cccs1.I. The van der Waals surface area contributed by atoms with E-state index in [4.69, 9.17) is 4.74 Å². The van der Waals surface area contributed by atoms with Gasteiger partial charge in [0, 0.05) is 32.1 Å². The third kappa shape index (κ3) is 8.05. The van der Waals surface area contributed by atoms with Gasteiger partial charge in [-0.2, -0.15) is 0 Å². The van der Waals surface area contributed by atoms with Crippen LogP contribution in [0.25, 0.3) is 0 Å². The summed E-state index contributed by atoms with van der Waals surface area (Å²) in [5.41, 5.74) is 2.44. The summed E-state index contributed by atoms with van der Waals surface area (Å²) >= 11 is 1.80. The van der Waals surface area contributed by atoms with E-state index in [9.17, 15) is 0 Å². The van der Waals surface area contributed by atoms with Gasteiger partial charge in [-0.15, -0.1) is 35.3 Å². The molecule has 1 N–H and O–H groups in total. The van der Waals surface area contributed by atoms with Crippen molar-refractivity contribution >= 4 is 41.3 Å². The molecule has 0 radical (unpaired) electrons. The molecule has 0 spiro atoms. The second kappa shape index (κ2) is 12.3. The Morgan fingerprint density at radius 1 is 1.19 bits per heavy atom. The zero-order valence-electron chi connectivity index (χ0n) is 16.1.